The molecule has 0 unspecified atom stereocenters. The molecule has 2 N–H and O–H groups in total. The summed E-state index contributed by atoms with van der Waals surface area (Å²) < 4.78 is 25.3. The molecule has 14 heavy (non-hydrogen) atoms. The fourth-order valence-corrected chi connectivity index (χ4v) is 1.66. The number of halogens is 3. The molecule has 1 heterocycles. The molecule has 0 radical (unpaired) electrons. The van der Waals surface area contributed by atoms with E-state index in [2.05, 4.69) is 4.98 Å². The van der Waals surface area contributed by atoms with Gasteiger partial charge in [-0.15, -0.1) is 0 Å². The summed E-state index contributed by atoms with van der Waals surface area (Å²) in [7, 11) is 0. The number of rotatable bonds is 2. The van der Waals surface area contributed by atoms with E-state index in [0.717, 1.165) is 6.20 Å². The second kappa shape index (κ2) is 4.61. The predicted octanol–water partition coefficient (Wildman–Crippen LogP) is 1.95. The van der Waals surface area contributed by atoms with Crippen LogP contribution in [0.5, 0.6) is 0 Å². The van der Waals surface area contributed by atoms with Crippen LogP contribution in [0.3, 0.4) is 0 Å². The minimum Gasteiger partial charge on any atom is -0.326 e. The third-order valence-electron chi connectivity index (χ3n) is 1.71. The standard InChI is InChI=1S/C8H6F2IN3/c9-7(10)6-3-14-8(11)5(2-13)4(6)1-12/h3,7H,2,13H2. The second-order valence-electron chi connectivity index (χ2n) is 2.47. The number of nitrogens with two attached hydrogens (primary N) is 1. The number of alkyl halides is 2. The lowest BCUT2D eigenvalue weighted by molar-refractivity contribution is 0.150. The molecule has 0 bridgehead atoms. The summed E-state index contributed by atoms with van der Waals surface area (Å²) in [6.45, 7) is 0.0364. The van der Waals surface area contributed by atoms with Gasteiger partial charge in [0.25, 0.3) is 6.43 Å². The Balaban J connectivity index is 3.43. The molecule has 1 aromatic heterocycles. The smallest absolute Gasteiger partial charge is 0.266 e. The number of nitrogens with zero attached hydrogens (tertiary/aromatic N) is 2. The van der Waals surface area contributed by atoms with Crippen molar-refractivity contribution in [3.05, 3.63) is 26.6 Å². The lowest BCUT2D eigenvalue weighted by atomic mass is 10.1. The molecule has 0 atom stereocenters. The summed E-state index contributed by atoms with van der Waals surface area (Å²) in [5.41, 5.74) is 5.33. The van der Waals surface area contributed by atoms with Gasteiger partial charge >= 0.3 is 0 Å². The maximum Gasteiger partial charge on any atom is 0.266 e. The highest BCUT2D eigenvalue weighted by atomic mass is 127. The van der Waals surface area contributed by atoms with Gasteiger partial charge in [0.05, 0.1) is 11.1 Å². The van der Waals surface area contributed by atoms with E-state index < -0.39 is 6.43 Å². The monoisotopic (exact) mass is 309 g/mol. The Bertz CT molecular complexity index is 387. The first-order valence-corrected chi connectivity index (χ1v) is 4.75. The molecule has 0 amide bonds. The van der Waals surface area contributed by atoms with Crippen LogP contribution in [0.1, 0.15) is 23.1 Å². The van der Waals surface area contributed by atoms with Crippen LogP contribution >= 0.6 is 22.6 Å². The van der Waals surface area contributed by atoms with Crippen LogP contribution in [0.25, 0.3) is 0 Å². The molecule has 0 fully saturated rings. The number of aromatic nitrogens is 1. The minimum absolute atomic E-state index is 0.0364. The van der Waals surface area contributed by atoms with Gasteiger partial charge in [-0.25, -0.2) is 13.8 Å². The molecule has 1 rings (SSSR count). The molecule has 0 saturated heterocycles. The van der Waals surface area contributed by atoms with Gasteiger partial charge in [0, 0.05) is 18.3 Å². The number of hydrogen-bond donors (Lipinski definition) is 1. The van der Waals surface area contributed by atoms with E-state index in [-0.39, 0.29) is 17.7 Å². The van der Waals surface area contributed by atoms with Crippen LogP contribution in [-0.2, 0) is 6.54 Å². The number of pyridine rings is 1. The summed E-state index contributed by atoms with van der Waals surface area (Å²) in [4.78, 5) is 3.76. The van der Waals surface area contributed by atoms with Crippen LogP contribution in [-0.4, -0.2) is 4.98 Å². The highest BCUT2D eigenvalue weighted by Crippen LogP contribution is 2.26. The minimum atomic E-state index is -2.69. The number of hydrogen-bond acceptors (Lipinski definition) is 3. The van der Waals surface area contributed by atoms with E-state index in [0.29, 0.717) is 9.26 Å². The molecule has 0 aliphatic heterocycles. The first-order valence-electron chi connectivity index (χ1n) is 3.67. The molecular weight excluding hydrogens is 303 g/mol. The Morgan fingerprint density at radius 2 is 2.29 bits per heavy atom. The third kappa shape index (κ3) is 1.99. The van der Waals surface area contributed by atoms with Crippen molar-refractivity contribution in [2.75, 3.05) is 0 Å². The molecular formula is C8H6F2IN3. The molecule has 1 aromatic rings. The number of nitriles is 1. The van der Waals surface area contributed by atoms with Gasteiger partial charge in [-0.1, -0.05) is 0 Å². The largest absolute Gasteiger partial charge is 0.326 e. The Kier molecular flexibility index (Phi) is 3.71. The molecule has 0 aromatic carbocycles. The summed E-state index contributed by atoms with van der Waals surface area (Å²) in [5.74, 6) is 0. The van der Waals surface area contributed by atoms with E-state index in [9.17, 15) is 8.78 Å². The first kappa shape index (κ1) is 11.3. The predicted molar refractivity (Wildman–Crippen MR) is 54.5 cm³/mol. The molecule has 0 saturated carbocycles. The van der Waals surface area contributed by atoms with Crippen molar-refractivity contribution in [3.8, 4) is 6.07 Å². The summed E-state index contributed by atoms with van der Waals surface area (Å²) in [6.07, 6.45) is -1.68. The second-order valence-corrected chi connectivity index (χ2v) is 3.50. The first-order chi connectivity index (χ1) is 6.61. The van der Waals surface area contributed by atoms with Crippen molar-refractivity contribution in [3.63, 3.8) is 0 Å². The van der Waals surface area contributed by atoms with E-state index in [4.69, 9.17) is 11.0 Å². The quantitative estimate of drug-likeness (QED) is 0.671. The van der Waals surface area contributed by atoms with Crippen molar-refractivity contribution >= 4 is 22.6 Å². The van der Waals surface area contributed by atoms with E-state index in [1.807, 2.05) is 22.6 Å². The van der Waals surface area contributed by atoms with Crippen molar-refractivity contribution in [1.82, 2.24) is 4.98 Å². The Labute approximate surface area is 93.1 Å². The average molecular weight is 309 g/mol. The average Bonchev–Trinajstić information content (AvgIpc) is 2.16. The van der Waals surface area contributed by atoms with Crippen molar-refractivity contribution in [1.29, 1.82) is 5.26 Å². The van der Waals surface area contributed by atoms with Gasteiger partial charge in [0.1, 0.15) is 9.77 Å². The highest BCUT2D eigenvalue weighted by Gasteiger charge is 2.18. The van der Waals surface area contributed by atoms with Gasteiger partial charge in [0.2, 0.25) is 0 Å². The highest BCUT2D eigenvalue weighted by molar-refractivity contribution is 14.1. The van der Waals surface area contributed by atoms with Crippen molar-refractivity contribution in [2.45, 2.75) is 13.0 Å². The van der Waals surface area contributed by atoms with Gasteiger partial charge < -0.3 is 5.73 Å². The lowest BCUT2D eigenvalue weighted by Gasteiger charge is -2.07. The van der Waals surface area contributed by atoms with Crippen LogP contribution in [0.2, 0.25) is 0 Å². The lowest BCUT2D eigenvalue weighted by Crippen LogP contribution is -2.07. The van der Waals surface area contributed by atoms with E-state index in [1.165, 1.54) is 0 Å². The van der Waals surface area contributed by atoms with E-state index >= 15 is 0 Å². The van der Waals surface area contributed by atoms with Crippen LogP contribution in [0.15, 0.2) is 6.20 Å². The summed E-state index contributed by atoms with van der Waals surface area (Å²) >= 11 is 1.86. The van der Waals surface area contributed by atoms with Gasteiger partial charge in [0.15, 0.2) is 0 Å². The SMILES string of the molecule is N#Cc1c(C(F)F)cnc(I)c1CN. The Morgan fingerprint density at radius 3 is 2.71 bits per heavy atom. The molecule has 0 aliphatic rings. The zero-order valence-electron chi connectivity index (χ0n) is 6.97. The third-order valence-corrected chi connectivity index (χ3v) is 2.64. The molecule has 0 spiro atoms. The van der Waals surface area contributed by atoms with Gasteiger partial charge in [-0.3, -0.25) is 0 Å². The molecule has 3 nitrogen and oxygen atoms in total. The molecule has 74 valence electrons. The zero-order chi connectivity index (χ0) is 10.7. The maximum absolute atomic E-state index is 12.4. The molecule has 6 heteroatoms. The maximum atomic E-state index is 12.4. The normalized spacial score (nSPS) is 10.3. The zero-order valence-corrected chi connectivity index (χ0v) is 9.12. The fourth-order valence-electron chi connectivity index (χ4n) is 1.03. The van der Waals surface area contributed by atoms with Crippen LogP contribution < -0.4 is 5.73 Å². The topological polar surface area (TPSA) is 62.7 Å². The summed E-state index contributed by atoms with van der Waals surface area (Å²) in [5, 5.41) is 8.73. The summed E-state index contributed by atoms with van der Waals surface area (Å²) in [6, 6.07) is 1.73. The van der Waals surface area contributed by atoms with E-state index in [1.54, 1.807) is 6.07 Å². The van der Waals surface area contributed by atoms with Crippen LogP contribution in [0.4, 0.5) is 8.78 Å². The van der Waals surface area contributed by atoms with Gasteiger partial charge in [-0.2, -0.15) is 5.26 Å². The fraction of sp³-hybridized carbons (Fsp3) is 0.250. The Hall–Kier alpha value is -0.810. The van der Waals surface area contributed by atoms with Crippen molar-refractivity contribution in [2.24, 2.45) is 5.73 Å². The molecule has 0 aliphatic carbocycles. The van der Waals surface area contributed by atoms with Gasteiger partial charge in [-0.05, 0) is 22.6 Å². The van der Waals surface area contributed by atoms with Crippen LogP contribution in [0, 0.1) is 15.0 Å². The van der Waals surface area contributed by atoms with Crippen molar-refractivity contribution < 1.29 is 8.78 Å². The Morgan fingerprint density at radius 1 is 1.64 bits per heavy atom.